The third kappa shape index (κ3) is 1.44. The van der Waals surface area contributed by atoms with Crippen LogP contribution in [0.25, 0.3) is 22.4 Å². The molecular formula is C12H9N3O. The molecule has 2 heterocycles. The van der Waals surface area contributed by atoms with Crippen LogP contribution in [0, 0.1) is 6.92 Å². The Morgan fingerprint density at radius 2 is 2.06 bits per heavy atom. The Labute approximate surface area is 92.0 Å². The van der Waals surface area contributed by atoms with Gasteiger partial charge in [0.25, 0.3) is 0 Å². The molecule has 0 bridgehead atoms. The van der Waals surface area contributed by atoms with Crippen LogP contribution in [0.1, 0.15) is 5.82 Å². The zero-order valence-corrected chi connectivity index (χ0v) is 8.71. The minimum atomic E-state index is 0.759. The van der Waals surface area contributed by atoms with E-state index in [1.807, 2.05) is 31.2 Å². The molecule has 16 heavy (non-hydrogen) atoms. The Kier molecular flexibility index (Phi) is 1.93. The lowest BCUT2D eigenvalue weighted by Crippen LogP contribution is -1.89. The van der Waals surface area contributed by atoms with E-state index in [0.717, 1.165) is 28.2 Å². The molecule has 2 aromatic heterocycles. The molecule has 0 saturated heterocycles. The first kappa shape index (κ1) is 9.03. The van der Waals surface area contributed by atoms with Crippen LogP contribution in [0.4, 0.5) is 0 Å². The SMILES string of the molecule is Cc1nccc(-c2ccc3ncoc3c2)n1. The van der Waals surface area contributed by atoms with Crippen LogP contribution in [0.15, 0.2) is 41.3 Å². The minimum Gasteiger partial charge on any atom is -0.443 e. The largest absolute Gasteiger partial charge is 0.443 e. The smallest absolute Gasteiger partial charge is 0.181 e. The molecule has 0 saturated carbocycles. The lowest BCUT2D eigenvalue weighted by Gasteiger charge is -2.00. The van der Waals surface area contributed by atoms with Crippen molar-refractivity contribution in [3.8, 4) is 11.3 Å². The van der Waals surface area contributed by atoms with Gasteiger partial charge in [-0.3, -0.25) is 0 Å². The zero-order valence-electron chi connectivity index (χ0n) is 8.71. The predicted molar refractivity (Wildman–Crippen MR) is 59.8 cm³/mol. The Morgan fingerprint density at radius 3 is 2.94 bits per heavy atom. The summed E-state index contributed by atoms with van der Waals surface area (Å²) in [5.74, 6) is 0.759. The van der Waals surface area contributed by atoms with Crippen LogP contribution in [0.3, 0.4) is 0 Å². The molecule has 0 radical (unpaired) electrons. The molecule has 0 atom stereocenters. The highest BCUT2D eigenvalue weighted by Crippen LogP contribution is 2.21. The monoisotopic (exact) mass is 211 g/mol. The summed E-state index contributed by atoms with van der Waals surface area (Å²) in [6, 6.07) is 7.72. The van der Waals surface area contributed by atoms with Crippen LogP contribution >= 0.6 is 0 Å². The topological polar surface area (TPSA) is 51.8 Å². The van der Waals surface area contributed by atoms with E-state index < -0.39 is 0 Å². The van der Waals surface area contributed by atoms with Crippen LogP contribution in [-0.4, -0.2) is 15.0 Å². The van der Waals surface area contributed by atoms with E-state index in [9.17, 15) is 0 Å². The molecule has 4 nitrogen and oxygen atoms in total. The van der Waals surface area contributed by atoms with Gasteiger partial charge in [-0.2, -0.15) is 0 Å². The first-order valence-corrected chi connectivity index (χ1v) is 4.96. The lowest BCUT2D eigenvalue weighted by molar-refractivity contribution is 0.602. The Morgan fingerprint density at radius 1 is 1.12 bits per heavy atom. The van der Waals surface area contributed by atoms with E-state index in [4.69, 9.17) is 4.42 Å². The summed E-state index contributed by atoms with van der Waals surface area (Å²) in [4.78, 5) is 12.5. The fraction of sp³-hybridized carbons (Fsp3) is 0.0833. The number of aromatic nitrogens is 3. The third-order valence-electron chi connectivity index (χ3n) is 2.40. The Balaban J connectivity index is 2.18. The van der Waals surface area contributed by atoms with Gasteiger partial charge in [-0.25, -0.2) is 15.0 Å². The van der Waals surface area contributed by atoms with E-state index in [-0.39, 0.29) is 0 Å². The van der Waals surface area contributed by atoms with E-state index in [1.54, 1.807) is 6.20 Å². The van der Waals surface area contributed by atoms with Crippen molar-refractivity contribution in [3.63, 3.8) is 0 Å². The second kappa shape index (κ2) is 3.41. The Hall–Kier alpha value is -2.23. The van der Waals surface area contributed by atoms with Gasteiger partial charge < -0.3 is 4.42 Å². The molecule has 0 spiro atoms. The number of hydrogen-bond acceptors (Lipinski definition) is 4. The van der Waals surface area contributed by atoms with Crippen molar-refractivity contribution in [3.05, 3.63) is 42.7 Å². The highest BCUT2D eigenvalue weighted by atomic mass is 16.3. The molecule has 0 aliphatic rings. The van der Waals surface area contributed by atoms with Crippen molar-refractivity contribution in [2.45, 2.75) is 6.92 Å². The van der Waals surface area contributed by atoms with Crippen molar-refractivity contribution in [2.24, 2.45) is 0 Å². The molecule has 1 aromatic carbocycles. The zero-order chi connectivity index (χ0) is 11.0. The summed E-state index contributed by atoms with van der Waals surface area (Å²) in [5.41, 5.74) is 3.53. The first-order chi connectivity index (χ1) is 7.83. The second-order valence-corrected chi connectivity index (χ2v) is 3.52. The van der Waals surface area contributed by atoms with E-state index in [2.05, 4.69) is 15.0 Å². The summed E-state index contributed by atoms with van der Waals surface area (Å²) in [5, 5.41) is 0. The summed E-state index contributed by atoms with van der Waals surface area (Å²) in [7, 11) is 0. The average Bonchev–Trinajstić information content (AvgIpc) is 2.75. The third-order valence-corrected chi connectivity index (χ3v) is 2.40. The summed E-state index contributed by atoms with van der Waals surface area (Å²) < 4.78 is 5.26. The summed E-state index contributed by atoms with van der Waals surface area (Å²) in [6.07, 6.45) is 3.20. The predicted octanol–water partition coefficient (Wildman–Crippen LogP) is 2.59. The number of nitrogens with zero attached hydrogens (tertiary/aromatic N) is 3. The summed E-state index contributed by atoms with van der Waals surface area (Å²) >= 11 is 0. The van der Waals surface area contributed by atoms with Gasteiger partial charge in [-0.1, -0.05) is 6.07 Å². The van der Waals surface area contributed by atoms with Crippen LogP contribution in [0.5, 0.6) is 0 Å². The van der Waals surface area contributed by atoms with E-state index >= 15 is 0 Å². The van der Waals surface area contributed by atoms with Crippen molar-refractivity contribution < 1.29 is 4.42 Å². The number of benzene rings is 1. The highest BCUT2D eigenvalue weighted by molar-refractivity contribution is 5.78. The standard InChI is InChI=1S/C12H9N3O/c1-8-13-5-4-10(15-8)9-2-3-11-12(6-9)16-7-14-11/h2-7H,1H3. The second-order valence-electron chi connectivity index (χ2n) is 3.52. The molecule has 3 rings (SSSR count). The maximum Gasteiger partial charge on any atom is 0.181 e. The number of oxazole rings is 1. The Bertz CT molecular complexity index is 645. The van der Waals surface area contributed by atoms with Gasteiger partial charge in [0.2, 0.25) is 0 Å². The maximum absolute atomic E-state index is 5.26. The van der Waals surface area contributed by atoms with Gasteiger partial charge in [-0.05, 0) is 25.1 Å². The van der Waals surface area contributed by atoms with Crippen LogP contribution < -0.4 is 0 Å². The van der Waals surface area contributed by atoms with Crippen molar-refractivity contribution in [2.75, 3.05) is 0 Å². The van der Waals surface area contributed by atoms with Crippen LogP contribution in [0.2, 0.25) is 0 Å². The molecule has 4 heteroatoms. The molecule has 0 unspecified atom stereocenters. The number of rotatable bonds is 1. The maximum atomic E-state index is 5.26. The molecule has 0 N–H and O–H groups in total. The van der Waals surface area contributed by atoms with Crippen LogP contribution in [-0.2, 0) is 0 Å². The number of hydrogen-bond donors (Lipinski definition) is 0. The van der Waals surface area contributed by atoms with Crippen molar-refractivity contribution in [1.29, 1.82) is 0 Å². The lowest BCUT2D eigenvalue weighted by atomic mass is 10.1. The average molecular weight is 211 g/mol. The molecule has 3 aromatic rings. The van der Waals surface area contributed by atoms with Gasteiger partial charge in [0.1, 0.15) is 11.3 Å². The molecule has 0 aliphatic carbocycles. The van der Waals surface area contributed by atoms with Gasteiger partial charge in [0, 0.05) is 11.8 Å². The first-order valence-electron chi connectivity index (χ1n) is 4.96. The number of fused-ring (bicyclic) bond motifs is 1. The van der Waals surface area contributed by atoms with Gasteiger partial charge in [-0.15, -0.1) is 0 Å². The van der Waals surface area contributed by atoms with Gasteiger partial charge in [0.05, 0.1) is 5.69 Å². The van der Waals surface area contributed by atoms with E-state index in [0.29, 0.717) is 0 Å². The molecule has 0 fully saturated rings. The van der Waals surface area contributed by atoms with Gasteiger partial charge in [0.15, 0.2) is 12.0 Å². The molecule has 78 valence electrons. The van der Waals surface area contributed by atoms with Gasteiger partial charge >= 0.3 is 0 Å². The fourth-order valence-corrected chi connectivity index (χ4v) is 1.63. The molecular weight excluding hydrogens is 202 g/mol. The number of aryl methyl sites for hydroxylation is 1. The molecule has 0 aliphatic heterocycles. The van der Waals surface area contributed by atoms with E-state index in [1.165, 1.54) is 6.39 Å². The minimum absolute atomic E-state index is 0.759. The quantitative estimate of drug-likeness (QED) is 0.620. The van der Waals surface area contributed by atoms with Crippen molar-refractivity contribution in [1.82, 2.24) is 15.0 Å². The highest BCUT2D eigenvalue weighted by Gasteiger charge is 2.03. The molecule has 0 amide bonds. The normalized spacial score (nSPS) is 10.8. The fourth-order valence-electron chi connectivity index (χ4n) is 1.63. The van der Waals surface area contributed by atoms with Crippen molar-refractivity contribution >= 4 is 11.1 Å². The summed E-state index contributed by atoms with van der Waals surface area (Å²) in [6.45, 7) is 1.87.